The third-order valence-electron chi connectivity index (χ3n) is 2.13. The van der Waals surface area contributed by atoms with Gasteiger partial charge in [-0.2, -0.15) is 10.1 Å². The number of amides is 1. The summed E-state index contributed by atoms with van der Waals surface area (Å²) in [5.41, 5.74) is -0.175. The summed E-state index contributed by atoms with van der Waals surface area (Å²) in [6.07, 6.45) is 1.27. The topological polar surface area (TPSA) is 80.0 Å². The van der Waals surface area contributed by atoms with Crippen LogP contribution in [0.3, 0.4) is 0 Å². The average Bonchev–Trinajstić information content (AvgIpc) is 2.64. The van der Waals surface area contributed by atoms with Gasteiger partial charge >= 0.3 is 0 Å². The highest BCUT2D eigenvalue weighted by molar-refractivity contribution is 6.03. The van der Waals surface area contributed by atoms with Crippen molar-refractivity contribution in [2.24, 2.45) is 7.05 Å². The van der Waals surface area contributed by atoms with Crippen molar-refractivity contribution in [2.75, 3.05) is 5.32 Å². The first kappa shape index (κ1) is 11.1. The maximum atomic E-state index is 13.4. The molecule has 1 heterocycles. The standard InChI is InChI=1S/C10H9FN4O2/c1-15-10(12-5-13-15)14-9(17)7-3-2-6(16)4-8(7)11/h2-5,16H,1H3,(H,12,13,14,17). The summed E-state index contributed by atoms with van der Waals surface area (Å²) < 4.78 is 14.7. The lowest BCUT2D eigenvalue weighted by Crippen LogP contribution is -2.16. The van der Waals surface area contributed by atoms with Crippen LogP contribution in [0.4, 0.5) is 10.3 Å². The maximum absolute atomic E-state index is 13.4. The third-order valence-corrected chi connectivity index (χ3v) is 2.13. The molecule has 2 N–H and O–H groups in total. The Kier molecular flexibility index (Phi) is 2.73. The van der Waals surface area contributed by atoms with Crippen molar-refractivity contribution in [3.63, 3.8) is 0 Å². The predicted molar refractivity (Wildman–Crippen MR) is 57.0 cm³/mol. The molecule has 88 valence electrons. The van der Waals surface area contributed by atoms with Crippen LogP contribution in [0.5, 0.6) is 5.75 Å². The molecule has 0 aliphatic rings. The van der Waals surface area contributed by atoms with E-state index in [-0.39, 0.29) is 17.3 Å². The Morgan fingerprint density at radius 3 is 2.88 bits per heavy atom. The van der Waals surface area contributed by atoms with Crippen LogP contribution in [-0.2, 0) is 7.05 Å². The molecule has 17 heavy (non-hydrogen) atoms. The van der Waals surface area contributed by atoms with Gasteiger partial charge in [0.15, 0.2) is 0 Å². The van der Waals surface area contributed by atoms with Crippen molar-refractivity contribution in [2.45, 2.75) is 0 Å². The monoisotopic (exact) mass is 236 g/mol. The molecule has 0 bridgehead atoms. The molecule has 1 aromatic carbocycles. The molecule has 0 fully saturated rings. The number of carbonyl (C=O) groups excluding carboxylic acids is 1. The van der Waals surface area contributed by atoms with E-state index in [0.29, 0.717) is 0 Å². The zero-order chi connectivity index (χ0) is 12.4. The number of halogens is 1. The zero-order valence-electron chi connectivity index (χ0n) is 8.88. The van der Waals surface area contributed by atoms with E-state index in [1.54, 1.807) is 7.05 Å². The lowest BCUT2D eigenvalue weighted by atomic mass is 10.2. The van der Waals surface area contributed by atoms with Crippen molar-refractivity contribution in [1.29, 1.82) is 0 Å². The number of carbonyl (C=O) groups is 1. The van der Waals surface area contributed by atoms with E-state index in [1.807, 2.05) is 0 Å². The van der Waals surface area contributed by atoms with Gasteiger partial charge in [-0.1, -0.05) is 0 Å². The van der Waals surface area contributed by atoms with Crippen LogP contribution in [0.2, 0.25) is 0 Å². The first-order valence-corrected chi connectivity index (χ1v) is 4.72. The highest BCUT2D eigenvalue weighted by Crippen LogP contribution is 2.15. The first-order valence-electron chi connectivity index (χ1n) is 4.72. The number of hydrogen-bond acceptors (Lipinski definition) is 4. The van der Waals surface area contributed by atoms with E-state index >= 15 is 0 Å². The molecule has 2 rings (SSSR count). The smallest absolute Gasteiger partial charge is 0.260 e. The lowest BCUT2D eigenvalue weighted by molar-refractivity contribution is 0.102. The van der Waals surface area contributed by atoms with Crippen LogP contribution in [0.1, 0.15) is 10.4 Å². The number of aryl methyl sites for hydroxylation is 1. The minimum Gasteiger partial charge on any atom is -0.508 e. The fourth-order valence-electron chi connectivity index (χ4n) is 1.27. The molecule has 0 unspecified atom stereocenters. The number of aromatic nitrogens is 3. The van der Waals surface area contributed by atoms with E-state index in [9.17, 15) is 9.18 Å². The molecule has 7 heteroatoms. The Balaban J connectivity index is 2.23. The second kappa shape index (κ2) is 4.20. The second-order valence-corrected chi connectivity index (χ2v) is 3.33. The molecule has 0 saturated carbocycles. The highest BCUT2D eigenvalue weighted by Gasteiger charge is 2.14. The lowest BCUT2D eigenvalue weighted by Gasteiger charge is -2.05. The SMILES string of the molecule is Cn1ncnc1NC(=O)c1ccc(O)cc1F. The van der Waals surface area contributed by atoms with Gasteiger partial charge in [-0.3, -0.25) is 10.1 Å². The molecule has 1 aromatic heterocycles. The molecular weight excluding hydrogens is 227 g/mol. The van der Waals surface area contributed by atoms with Crippen LogP contribution in [-0.4, -0.2) is 25.8 Å². The summed E-state index contributed by atoms with van der Waals surface area (Å²) in [6.45, 7) is 0. The summed E-state index contributed by atoms with van der Waals surface area (Å²) in [7, 11) is 1.59. The zero-order valence-corrected chi connectivity index (χ0v) is 8.88. The number of rotatable bonds is 2. The van der Waals surface area contributed by atoms with Crippen LogP contribution in [0, 0.1) is 5.82 Å². The van der Waals surface area contributed by atoms with Gasteiger partial charge in [-0.15, -0.1) is 0 Å². The molecule has 0 spiro atoms. The first-order chi connectivity index (χ1) is 8.08. The van der Waals surface area contributed by atoms with Crippen LogP contribution in [0.15, 0.2) is 24.5 Å². The largest absolute Gasteiger partial charge is 0.508 e. The van der Waals surface area contributed by atoms with E-state index < -0.39 is 11.7 Å². The van der Waals surface area contributed by atoms with Gasteiger partial charge in [0.05, 0.1) is 5.56 Å². The van der Waals surface area contributed by atoms with Crippen LogP contribution < -0.4 is 5.32 Å². The number of nitrogens with one attached hydrogen (secondary N) is 1. The number of benzene rings is 1. The molecule has 6 nitrogen and oxygen atoms in total. The predicted octanol–water partition coefficient (Wildman–Crippen LogP) is 0.912. The normalized spacial score (nSPS) is 10.2. The quantitative estimate of drug-likeness (QED) is 0.812. The summed E-state index contributed by atoms with van der Waals surface area (Å²) in [5.74, 6) is -1.48. The molecule has 0 aliphatic carbocycles. The van der Waals surface area contributed by atoms with Gasteiger partial charge < -0.3 is 5.11 Å². The average molecular weight is 236 g/mol. The number of hydrogen-bond donors (Lipinski definition) is 2. The Morgan fingerprint density at radius 2 is 2.29 bits per heavy atom. The molecule has 0 saturated heterocycles. The number of phenolic OH excluding ortho intramolecular Hbond substituents is 1. The second-order valence-electron chi connectivity index (χ2n) is 3.33. The Hall–Kier alpha value is -2.44. The van der Waals surface area contributed by atoms with Crippen molar-refractivity contribution in [3.8, 4) is 5.75 Å². The Labute approximate surface area is 95.7 Å². The van der Waals surface area contributed by atoms with E-state index in [4.69, 9.17) is 5.11 Å². The fourth-order valence-corrected chi connectivity index (χ4v) is 1.27. The summed E-state index contributed by atoms with van der Waals surface area (Å²) in [5, 5.41) is 15.2. The van der Waals surface area contributed by atoms with Gasteiger partial charge in [-0.05, 0) is 12.1 Å². The number of anilines is 1. The van der Waals surface area contributed by atoms with E-state index in [0.717, 1.165) is 6.07 Å². The number of phenols is 1. The van der Waals surface area contributed by atoms with Gasteiger partial charge in [-0.25, -0.2) is 9.07 Å². The van der Waals surface area contributed by atoms with Crippen LogP contribution >= 0.6 is 0 Å². The minimum absolute atomic E-state index is 0.175. The summed E-state index contributed by atoms with van der Waals surface area (Å²) >= 11 is 0. The number of nitrogens with zero attached hydrogens (tertiary/aromatic N) is 3. The highest BCUT2D eigenvalue weighted by atomic mass is 19.1. The molecule has 0 aliphatic heterocycles. The summed E-state index contributed by atoms with van der Waals surface area (Å²) in [6, 6.07) is 3.29. The molecule has 0 radical (unpaired) electrons. The van der Waals surface area contributed by atoms with Crippen LogP contribution in [0.25, 0.3) is 0 Å². The fraction of sp³-hybridized carbons (Fsp3) is 0.100. The van der Waals surface area contributed by atoms with E-state index in [2.05, 4.69) is 15.4 Å². The Morgan fingerprint density at radius 1 is 1.53 bits per heavy atom. The molecule has 0 atom stereocenters. The third kappa shape index (κ3) is 2.22. The Bertz CT molecular complexity index is 567. The van der Waals surface area contributed by atoms with Crippen molar-refractivity contribution < 1.29 is 14.3 Å². The van der Waals surface area contributed by atoms with Crippen molar-refractivity contribution in [3.05, 3.63) is 35.9 Å². The number of aromatic hydroxyl groups is 1. The minimum atomic E-state index is -0.801. The van der Waals surface area contributed by atoms with Crippen molar-refractivity contribution in [1.82, 2.24) is 14.8 Å². The summed E-state index contributed by atoms with van der Waals surface area (Å²) in [4.78, 5) is 15.5. The van der Waals surface area contributed by atoms with Gasteiger partial charge in [0.25, 0.3) is 5.91 Å². The van der Waals surface area contributed by atoms with Gasteiger partial charge in [0.2, 0.25) is 5.95 Å². The van der Waals surface area contributed by atoms with Gasteiger partial charge in [0, 0.05) is 13.1 Å². The molecular formula is C10H9FN4O2. The van der Waals surface area contributed by atoms with Gasteiger partial charge in [0.1, 0.15) is 17.9 Å². The maximum Gasteiger partial charge on any atom is 0.260 e. The molecule has 2 aromatic rings. The van der Waals surface area contributed by atoms with Crippen molar-refractivity contribution >= 4 is 11.9 Å². The molecule has 1 amide bonds. The van der Waals surface area contributed by atoms with E-state index in [1.165, 1.54) is 23.1 Å².